The molecule has 2 rings (SSSR count). The second kappa shape index (κ2) is 5.43. The van der Waals surface area contributed by atoms with Gasteiger partial charge in [0.2, 0.25) is 0 Å². The molecule has 0 amide bonds. The van der Waals surface area contributed by atoms with Crippen molar-refractivity contribution in [3.8, 4) is 10.6 Å². The standard InChI is InChI=1S/C12H13ClN2S/c1-14-7-6-9-8-15-12(16-9)10-4-2-3-5-11(10)13/h2-5,8,14H,6-7H2,1H3. The van der Waals surface area contributed by atoms with E-state index in [1.165, 1.54) is 4.88 Å². The second-order valence-corrected chi connectivity index (χ2v) is 4.99. The molecule has 4 heteroatoms. The Morgan fingerprint density at radius 1 is 1.38 bits per heavy atom. The number of nitrogens with one attached hydrogen (secondary N) is 1. The Labute approximate surface area is 104 Å². The van der Waals surface area contributed by atoms with E-state index >= 15 is 0 Å². The van der Waals surface area contributed by atoms with Crippen LogP contribution in [-0.2, 0) is 6.42 Å². The van der Waals surface area contributed by atoms with Crippen LogP contribution in [0.5, 0.6) is 0 Å². The molecule has 2 aromatic rings. The average molecular weight is 253 g/mol. The van der Waals surface area contributed by atoms with Crippen LogP contribution < -0.4 is 5.32 Å². The van der Waals surface area contributed by atoms with E-state index in [0.29, 0.717) is 0 Å². The Bertz CT molecular complexity index is 468. The van der Waals surface area contributed by atoms with Gasteiger partial charge in [-0.1, -0.05) is 29.8 Å². The SMILES string of the molecule is CNCCc1cnc(-c2ccccc2Cl)s1. The summed E-state index contributed by atoms with van der Waals surface area (Å²) in [4.78, 5) is 5.69. The zero-order valence-corrected chi connectivity index (χ0v) is 10.6. The Balaban J connectivity index is 2.22. The maximum absolute atomic E-state index is 6.13. The highest BCUT2D eigenvalue weighted by atomic mass is 35.5. The normalized spacial score (nSPS) is 10.6. The van der Waals surface area contributed by atoms with Crippen molar-refractivity contribution < 1.29 is 0 Å². The number of hydrogen-bond donors (Lipinski definition) is 1. The summed E-state index contributed by atoms with van der Waals surface area (Å²) in [5, 5.41) is 4.89. The molecule has 1 N–H and O–H groups in total. The van der Waals surface area contributed by atoms with Gasteiger partial charge in [0.05, 0.1) is 5.02 Å². The van der Waals surface area contributed by atoms with E-state index in [1.54, 1.807) is 11.3 Å². The van der Waals surface area contributed by atoms with Crippen molar-refractivity contribution in [2.24, 2.45) is 0 Å². The Morgan fingerprint density at radius 3 is 2.94 bits per heavy atom. The molecule has 1 aromatic carbocycles. The molecule has 1 heterocycles. The van der Waals surface area contributed by atoms with E-state index in [9.17, 15) is 0 Å². The molecule has 0 radical (unpaired) electrons. The predicted octanol–water partition coefficient (Wildman–Crippen LogP) is 3.23. The quantitative estimate of drug-likeness (QED) is 0.904. The van der Waals surface area contributed by atoms with Crippen molar-refractivity contribution in [2.45, 2.75) is 6.42 Å². The van der Waals surface area contributed by atoms with Crippen LogP contribution in [0.1, 0.15) is 4.88 Å². The van der Waals surface area contributed by atoms with Crippen molar-refractivity contribution in [2.75, 3.05) is 13.6 Å². The maximum atomic E-state index is 6.13. The number of aromatic nitrogens is 1. The Kier molecular flexibility index (Phi) is 3.93. The fraction of sp³-hybridized carbons (Fsp3) is 0.250. The second-order valence-electron chi connectivity index (χ2n) is 3.47. The van der Waals surface area contributed by atoms with Crippen molar-refractivity contribution in [3.63, 3.8) is 0 Å². The molecule has 0 bridgehead atoms. The van der Waals surface area contributed by atoms with Gasteiger partial charge in [-0.2, -0.15) is 0 Å². The summed E-state index contributed by atoms with van der Waals surface area (Å²) in [5.41, 5.74) is 1.02. The first-order chi connectivity index (χ1) is 7.81. The van der Waals surface area contributed by atoms with E-state index in [2.05, 4.69) is 10.3 Å². The number of thiazole rings is 1. The van der Waals surface area contributed by atoms with Gasteiger partial charge < -0.3 is 5.32 Å². The number of hydrogen-bond acceptors (Lipinski definition) is 3. The van der Waals surface area contributed by atoms with E-state index in [-0.39, 0.29) is 0 Å². The lowest BCUT2D eigenvalue weighted by atomic mass is 10.2. The van der Waals surface area contributed by atoms with Crippen molar-refractivity contribution in [1.82, 2.24) is 10.3 Å². The molecular weight excluding hydrogens is 240 g/mol. The topological polar surface area (TPSA) is 24.9 Å². The number of halogens is 1. The first kappa shape index (κ1) is 11.6. The monoisotopic (exact) mass is 252 g/mol. The van der Waals surface area contributed by atoms with E-state index in [0.717, 1.165) is 28.6 Å². The molecule has 16 heavy (non-hydrogen) atoms. The molecule has 0 saturated carbocycles. The lowest BCUT2D eigenvalue weighted by Gasteiger charge is -1.98. The zero-order valence-electron chi connectivity index (χ0n) is 9.03. The van der Waals surface area contributed by atoms with Crippen LogP contribution in [0, 0.1) is 0 Å². The number of rotatable bonds is 4. The molecule has 0 spiro atoms. The van der Waals surface area contributed by atoms with Gasteiger partial charge in [-0.25, -0.2) is 4.98 Å². The van der Waals surface area contributed by atoms with Gasteiger partial charge in [0.25, 0.3) is 0 Å². The first-order valence-electron chi connectivity index (χ1n) is 5.15. The fourth-order valence-corrected chi connectivity index (χ4v) is 2.66. The molecule has 0 aliphatic heterocycles. The summed E-state index contributed by atoms with van der Waals surface area (Å²) in [7, 11) is 1.95. The van der Waals surface area contributed by atoms with Gasteiger partial charge >= 0.3 is 0 Å². The Hall–Kier alpha value is -0.900. The summed E-state index contributed by atoms with van der Waals surface area (Å²) in [6.07, 6.45) is 2.94. The highest BCUT2D eigenvalue weighted by Gasteiger charge is 2.07. The molecular formula is C12H13ClN2S. The first-order valence-corrected chi connectivity index (χ1v) is 6.35. The van der Waals surface area contributed by atoms with E-state index < -0.39 is 0 Å². The van der Waals surface area contributed by atoms with Gasteiger partial charge in [0.1, 0.15) is 5.01 Å². The van der Waals surface area contributed by atoms with Crippen molar-refractivity contribution in [1.29, 1.82) is 0 Å². The van der Waals surface area contributed by atoms with Crippen LogP contribution in [0.3, 0.4) is 0 Å². The summed E-state index contributed by atoms with van der Waals surface area (Å²) < 4.78 is 0. The average Bonchev–Trinajstić information content (AvgIpc) is 2.75. The molecule has 2 nitrogen and oxygen atoms in total. The molecule has 0 atom stereocenters. The molecule has 1 aromatic heterocycles. The smallest absolute Gasteiger partial charge is 0.125 e. The minimum atomic E-state index is 0.761. The van der Waals surface area contributed by atoms with Crippen LogP contribution in [0.4, 0.5) is 0 Å². The predicted molar refractivity (Wildman–Crippen MR) is 70.2 cm³/mol. The third kappa shape index (κ3) is 2.61. The van der Waals surface area contributed by atoms with Crippen molar-refractivity contribution >= 4 is 22.9 Å². The van der Waals surface area contributed by atoms with Crippen LogP contribution in [0.25, 0.3) is 10.6 Å². The fourth-order valence-electron chi connectivity index (χ4n) is 1.43. The van der Waals surface area contributed by atoms with Gasteiger partial charge in [0.15, 0.2) is 0 Å². The minimum absolute atomic E-state index is 0.761. The molecule has 0 fully saturated rings. The van der Waals surface area contributed by atoms with Gasteiger partial charge in [0, 0.05) is 16.6 Å². The highest BCUT2D eigenvalue weighted by molar-refractivity contribution is 7.15. The molecule has 0 aliphatic carbocycles. The third-order valence-electron chi connectivity index (χ3n) is 2.28. The van der Waals surface area contributed by atoms with Gasteiger partial charge in [-0.05, 0) is 26.1 Å². The lowest BCUT2D eigenvalue weighted by Crippen LogP contribution is -2.09. The zero-order chi connectivity index (χ0) is 11.4. The largest absolute Gasteiger partial charge is 0.319 e. The molecule has 0 unspecified atom stereocenters. The van der Waals surface area contributed by atoms with Crippen LogP contribution >= 0.6 is 22.9 Å². The van der Waals surface area contributed by atoms with Crippen molar-refractivity contribution in [3.05, 3.63) is 40.4 Å². The molecule has 84 valence electrons. The molecule has 0 aliphatic rings. The van der Waals surface area contributed by atoms with Crippen LogP contribution in [0.2, 0.25) is 5.02 Å². The van der Waals surface area contributed by atoms with E-state index in [1.807, 2.05) is 37.5 Å². The summed E-state index contributed by atoms with van der Waals surface area (Å²) in [6, 6.07) is 7.81. The summed E-state index contributed by atoms with van der Waals surface area (Å²) in [5.74, 6) is 0. The lowest BCUT2D eigenvalue weighted by molar-refractivity contribution is 0.798. The maximum Gasteiger partial charge on any atom is 0.125 e. The third-order valence-corrected chi connectivity index (χ3v) is 3.70. The van der Waals surface area contributed by atoms with Crippen LogP contribution in [0.15, 0.2) is 30.5 Å². The number of likely N-dealkylation sites (N-methyl/N-ethyl adjacent to an activating group) is 1. The minimum Gasteiger partial charge on any atom is -0.319 e. The Morgan fingerprint density at radius 2 is 2.19 bits per heavy atom. The molecule has 0 saturated heterocycles. The van der Waals surface area contributed by atoms with E-state index in [4.69, 9.17) is 11.6 Å². The number of nitrogens with zero attached hydrogens (tertiary/aromatic N) is 1. The van der Waals surface area contributed by atoms with Gasteiger partial charge in [-0.3, -0.25) is 0 Å². The summed E-state index contributed by atoms with van der Waals surface area (Å²) in [6.45, 7) is 0.976. The van der Waals surface area contributed by atoms with Crippen LogP contribution in [-0.4, -0.2) is 18.6 Å². The number of benzene rings is 1. The van der Waals surface area contributed by atoms with Gasteiger partial charge in [-0.15, -0.1) is 11.3 Å². The highest BCUT2D eigenvalue weighted by Crippen LogP contribution is 2.30. The summed E-state index contributed by atoms with van der Waals surface area (Å²) >= 11 is 7.83.